The number of hydrogen-bond acceptors (Lipinski definition) is 4. The molecule has 0 aliphatic heterocycles. The Morgan fingerprint density at radius 3 is 2.58 bits per heavy atom. The van der Waals surface area contributed by atoms with Crippen LogP contribution in [0.1, 0.15) is 53.8 Å². The molecule has 1 aliphatic rings. The maximum Gasteiger partial charge on any atom is 0.176 e. The zero-order valence-electron chi connectivity index (χ0n) is 18.6. The monoisotopic (exact) mass is 414 g/mol. The fourth-order valence-electron chi connectivity index (χ4n) is 5.38. The van der Waals surface area contributed by atoms with Crippen LogP contribution in [-0.2, 0) is 12.0 Å². The van der Waals surface area contributed by atoms with Crippen LogP contribution in [0.2, 0.25) is 0 Å². The zero-order chi connectivity index (χ0) is 21.4. The molecule has 6 heteroatoms. The molecule has 0 atom stereocenters. The highest BCUT2D eigenvalue weighted by Crippen LogP contribution is 2.39. The lowest BCUT2D eigenvalue weighted by molar-refractivity contribution is 0.317. The Kier molecular flexibility index (Phi) is 5.10. The fraction of sp³-hybridized carbons (Fsp3) is 0.400. The summed E-state index contributed by atoms with van der Waals surface area (Å²) in [6.07, 6.45) is 7.61. The minimum absolute atomic E-state index is 0.181. The van der Waals surface area contributed by atoms with E-state index in [1.165, 1.54) is 46.0 Å². The van der Waals surface area contributed by atoms with E-state index in [9.17, 15) is 0 Å². The van der Waals surface area contributed by atoms with Crippen molar-refractivity contribution in [3.05, 3.63) is 70.7 Å². The molecule has 5 rings (SSSR count). The second-order valence-corrected chi connectivity index (χ2v) is 8.99. The number of benzene rings is 2. The van der Waals surface area contributed by atoms with E-state index in [1.807, 2.05) is 4.68 Å². The molecule has 2 heterocycles. The Labute approximate surface area is 183 Å². The number of aryl methyl sites for hydroxylation is 3. The molecule has 4 aromatic rings. The predicted molar refractivity (Wildman–Crippen MR) is 124 cm³/mol. The molecule has 2 aromatic heterocycles. The molecule has 1 fully saturated rings. The van der Waals surface area contributed by atoms with Gasteiger partial charge in [-0.2, -0.15) is 4.68 Å². The van der Waals surface area contributed by atoms with Gasteiger partial charge in [0.05, 0.1) is 11.2 Å². The summed E-state index contributed by atoms with van der Waals surface area (Å²) in [4.78, 5) is 3.39. The Morgan fingerprint density at radius 2 is 1.81 bits per heavy atom. The van der Waals surface area contributed by atoms with Crippen molar-refractivity contribution in [1.29, 1.82) is 0 Å². The molecule has 1 saturated carbocycles. The average molecular weight is 415 g/mol. The highest BCUT2D eigenvalue weighted by atomic mass is 15.6. The molecular weight excluding hydrogens is 384 g/mol. The number of aromatic nitrogens is 5. The molecule has 6 nitrogen and oxygen atoms in total. The number of hydrogen-bond donors (Lipinski definition) is 2. The summed E-state index contributed by atoms with van der Waals surface area (Å²) in [5.74, 6) is 0.943. The predicted octanol–water partition coefficient (Wildman–Crippen LogP) is 4.67. The largest absolute Gasteiger partial charge is 0.361 e. The Morgan fingerprint density at radius 1 is 1.06 bits per heavy atom. The molecule has 160 valence electrons. The van der Waals surface area contributed by atoms with Crippen LogP contribution in [0.5, 0.6) is 0 Å². The third kappa shape index (κ3) is 3.55. The second-order valence-electron chi connectivity index (χ2n) is 8.99. The van der Waals surface area contributed by atoms with Gasteiger partial charge in [-0.05, 0) is 73.2 Å². The van der Waals surface area contributed by atoms with Crippen LogP contribution in [0.15, 0.2) is 42.6 Å². The van der Waals surface area contributed by atoms with Crippen molar-refractivity contribution >= 4 is 10.9 Å². The highest BCUT2D eigenvalue weighted by Gasteiger charge is 2.40. The van der Waals surface area contributed by atoms with Crippen molar-refractivity contribution in [2.45, 2.75) is 58.4 Å². The summed E-state index contributed by atoms with van der Waals surface area (Å²) < 4.78 is 1.98. The van der Waals surface area contributed by atoms with Crippen molar-refractivity contribution in [1.82, 2.24) is 30.5 Å². The fourth-order valence-corrected chi connectivity index (χ4v) is 5.38. The van der Waals surface area contributed by atoms with Crippen molar-refractivity contribution in [2.24, 2.45) is 0 Å². The van der Waals surface area contributed by atoms with E-state index in [0.717, 1.165) is 37.3 Å². The molecule has 2 aromatic carbocycles. The van der Waals surface area contributed by atoms with Gasteiger partial charge in [0, 0.05) is 23.6 Å². The maximum absolute atomic E-state index is 4.55. The molecule has 31 heavy (non-hydrogen) atoms. The normalized spacial score (nSPS) is 15.7. The molecule has 0 amide bonds. The van der Waals surface area contributed by atoms with Crippen LogP contribution in [0, 0.1) is 20.8 Å². The molecule has 0 radical (unpaired) electrons. The van der Waals surface area contributed by atoms with Crippen LogP contribution < -0.4 is 5.32 Å². The van der Waals surface area contributed by atoms with Gasteiger partial charge in [-0.3, -0.25) is 0 Å². The van der Waals surface area contributed by atoms with Crippen molar-refractivity contribution in [3.63, 3.8) is 0 Å². The molecule has 0 bridgehead atoms. The average Bonchev–Trinajstić information content (AvgIpc) is 3.48. The molecular formula is C25H30N6. The molecule has 0 saturated heterocycles. The first kappa shape index (κ1) is 19.9. The van der Waals surface area contributed by atoms with Gasteiger partial charge in [0.25, 0.3) is 0 Å². The minimum Gasteiger partial charge on any atom is -0.361 e. The van der Waals surface area contributed by atoms with Gasteiger partial charge >= 0.3 is 0 Å². The van der Waals surface area contributed by atoms with Gasteiger partial charge in [-0.15, -0.1) is 5.10 Å². The highest BCUT2D eigenvalue weighted by molar-refractivity contribution is 5.83. The van der Waals surface area contributed by atoms with Gasteiger partial charge in [0.2, 0.25) is 0 Å². The lowest BCUT2D eigenvalue weighted by Gasteiger charge is -2.30. The SMILES string of the molecule is Cc1cc(C)c(-n2nnnc2C2(NCCc3c[nH]c4ccccc34)CCCC2)c(C)c1. The number of nitrogens with one attached hydrogen (secondary N) is 2. The first-order valence-corrected chi connectivity index (χ1v) is 11.2. The third-order valence-electron chi connectivity index (χ3n) is 6.73. The van der Waals surface area contributed by atoms with E-state index < -0.39 is 0 Å². The quantitative estimate of drug-likeness (QED) is 0.481. The Hall–Kier alpha value is -2.99. The number of H-pyrrole nitrogens is 1. The number of para-hydroxylation sites is 1. The molecule has 0 spiro atoms. The number of rotatable bonds is 6. The van der Waals surface area contributed by atoms with E-state index in [4.69, 9.17) is 0 Å². The van der Waals surface area contributed by atoms with Gasteiger partial charge in [0.1, 0.15) is 0 Å². The van der Waals surface area contributed by atoms with Crippen LogP contribution in [0.3, 0.4) is 0 Å². The number of nitrogens with zero attached hydrogens (tertiary/aromatic N) is 4. The summed E-state index contributed by atoms with van der Waals surface area (Å²) in [5.41, 5.74) is 7.15. The third-order valence-corrected chi connectivity index (χ3v) is 6.73. The van der Waals surface area contributed by atoms with E-state index in [-0.39, 0.29) is 5.54 Å². The number of aromatic amines is 1. The molecule has 2 N–H and O–H groups in total. The van der Waals surface area contributed by atoms with Crippen LogP contribution in [0.4, 0.5) is 0 Å². The van der Waals surface area contributed by atoms with E-state index in [0.29, 0.717) is 0 Å². The van der Waals surface area contributed by atoms with Gasteiger partial charge in [-0.25, -0.2) is 0 Å². The van der Waals surface area contributed by atoms with Crippen molar-refractivity contribution in [2.75, 3.05) is 6.54 Å². The Balaban J connectivity index is 1.44. The first-order chi connectivity index (χ1) is 15.1. The standard InChI is InChI=1S/C25H30N6/c1-17-14-18(2)23(19(3)15-17)31-24(28-29-30-31)25(11-6-7-12-25)27-13-10-20-16-26-22-9-5-4-8-21(20)22/h4-5,8-9,14-16,26-27H,6-7,10-13H2,1-3H3. The summed E-state index contributed by atoms with van der Waals surface area (Å²) >= 11 is 0. The zero-order valence-corrected chi connectivity index (χ0v) is 18.6. The summed E-state index contributed by atoms with van der Waals surface area (Å²) in [5, 5.41) is 18.3. The van der Waals surface area contributed by atoms with E-state index >= 15 is 0 Å². The lowest BCUT2D eigenvalue weighted by Crippen LogP contribution is -2.43. The van der Waals surface area contributed by atoms with Gasteiger partial charge in [0.15, 0.2) is 5.82 Å². The topological polar surface area (TPSA) is 71.4 Å². The minimum atomic E-state index is -0.181. The van der Waals surface area contributed by atoms with E-state index in [2.05, 4.69) is 89.2 Å². The van der Waals surface area contributed by atoms with Crippen LogP contribution in [-0.4, -0.2) is 31.7 Å². The number of fused-ring (bicyclic) bond motifs is 1. The van der Waals surface area contributed by atoms with Crippen LogP contribution >= 0.6 is 0 Å². The summed E-state index contributed by atoms with van der Waals surface area (Å²) in [6, 6.07) is 12.9. The summed E-state index contributed by atoms with van der Waals surface area (Å²) in [7, 11) is 0. The second kappa shape index (κ2) is 7.93. The number of tetrazole rings is 1. The Bertz CT molecular complexity index is 1190. The first-order valence-electron chi connectivity index (χ1n) is 11.2. The van der Waals surface area contributed by atoms with Gasteiger partial charge < -0.3 is 10.3 Å². The van der Waals surface area contributed by atoms with Crippen molar-refractivity contribution in [3.8, 4) is 5.69 Å². The smallest absolute Gasteiger partial charge is 0.176 e. The summed E-state index contributed by atoms with van der Waals surface area (Å²) in [6.45, 7) is 7.31. The van der Waals surface area contributed by atoms with Crippen molar-refractivity contribution < 1.29 is 0 Å². The van der Waals surface area contributed by atoms with Gasteiger partial charge in [-0.1, -0.05) is 48.7 Å². The lowest BCUT2D eigenvalue weighted by atomic mass is 9.95. The van der Waals surface area contributed by atoms with E-state index in [1.54, 1.807) is 0 Å². The molecule has 1 aliphatic carbocycles. The molecule has 0 unspecified atom stereocenters. The maximum atomic E-state index is 4.55. The van der Waals surface area contributed by atoms with Crippen LogP contribution in [0.25, 0.3) is 16.6 Å².